The Balaban J connectivity index is 0. The zero-order chi connectivity index (χ0) is 9.11. The first-order chi connectivity index (χ1) is 5.23. The highest BCUT2D eigenvalue weighted by Crippen LogP contribution is 1.86. The first kappa shape index (κ1) is 13.0. The molecule has 0 amide bonds. The zero-order valence-corrected chi connectivity index (χ0v) is 8.46. The van der Waals surface area contributed by atoms with Crippen molar-refractivity contribution in [1.29, 1.82) is 0 Å². The highest BCUT2D eigenvalue weighted by molar-refractivity contribution is 5.62. The van der Waals surface area contributed by atoms with Gasteiger partial charge in [-0.3, -0.25) is 4.99 Å². The molecular formula is C10H21N. The number of allylic oxidation sites excluding steroid dienone is 1. The van der Waals surface area contributed by atoms with Gasteiger partial charge in [0.25, 0.3) is 0 Å². The molecule has 0 N–H and O–H groups in total. The summed E-state index contributed by atoms with van der Waals surface area (Å²) in [5, 5.41) is 0. The van der Waals surface area contributed by atoms with E-state index in [1.165, 1.54) is 0 Å². The second-order valence-corrected chi connectivity index (χ2v) is 2.68. The summed E-state index contributed by atoms with van der Waals surface area (Å²) in [7, 11) is 0. The zero-order valence-electron chi connectivity index (χ0n) is 8.46. The van der Waals surface area contributed by atoms with E-state index in [0.29, 0.717) is 0 Å². The Morgan fingerprint density at radius 1 is 1.18 bits per heavy atom. The molecule has 0 aliphatic carbocycles. The van der Waals surface area contributed by atoms with Gasteiger partial charge in [0.2, 0.25) is 0 Å². The van der Waals surface area contributed by atoms with Gasteiger partial charge in [0.05, 0.1) is 0 Å². The van der Waals surface area contributed by atoms with Crippen LogP contribution in [0.4, 0.5) is 0 Å². The number of aliphatic imine (C=N–C) groups is 1. The van der Waals surface area contributed by atoms with Crippen LogP contribution in [0.1, 0.15) is 41.0 Å². The molecule has 11 heavy (non-hydrogen) atoms. The van der Waals surface area contributed by atoms with Gasteiger partial charge in [-0.05, 0) is 5.92 Å². The minimum absolute atomic E-state index is 0.833. The van der Waals surface area contributed by atoms with E-state index < -0.39 is 0 Å². The first-order valence-electron chi connectivity index (χ1n) is 4.40. The topological polar surface area (TPSA) is 12.4 Å². The van der Waals surface area contributed by atoms with Crippen LogP contribution in [0.2, 0.25) is 0 Å². The molecule has 0 aromatic carbocycles. The van der Waals surface area contributed by atoms with Gasteiger partial charge in [0, 0.05) is 18.8 Å². The highest BCUT2D eigenvalue weighted by atomic mass is 14.7. The molecule has 1 aliphatic rings. The van der Waals surface area contributed by atoms with Gasteiger partial charge >= 0.3 is 0 Å². The van der Waals surface area contributed by atoms with Crippen molar-refractivity contribution in [2.24, 2.45) is 10.9 Å². The van der Waals surface area contributed by atoms with E-state index in [9.17, 15) is 0 Å². The van der Waals surface area contributed by atoms with Crippen LogP contribution >= 0.6 is 0 Å². The molecule has 0 aromatic heterocycles. The molecule has 1 heteroatoms. The summed E-state index contributed by atoms with van der Waals surface area (Å²) in [6.07, 6.45) is 6.72. The van der Waals surface area contributed by atoms with Gasteiger partial charge in [0.15, 0.2) is 0 Å². The number of nitrogens with zero attached hydrogens (tertiary/aromatic N) is 1. The van der Waals surface area contributed by atoms with Gasteiger partial charge in [-0.1, -0.05) is 40.7 Å². The van der Waals surface area contributed by atoms with E-state index in [1.807, 2.05) is 26.1 Å². The van der Waals surface area contributed by atoms with Crippen LogP contribution in [0.3, 0.4) is 0 Å². The van der Waals surface area contributed by atoms with Gasteiger partial charge < -0.3 is 0 Å². The van der Waals surface area contributed by atoms with E-state index in [1.54, 1.807) is 6.20 Å². The van der Waals surface area contributed by atoms with Crippen molar-refractivity contribution in [1.82, 2.24) is 0 Å². The van der Waals surface area contributed by atoms with Crippen molar-refractivity contribution in [3.63, 3.8) is 0 Å². The Kier molecular flexibility index (Phi) is 14.4. The maximum Gasteiger partial charge on any atom is 0.0227 e. The molecule has 0 bridgehead atoms. The lowest BCUT2D eigenvalue weighted by molar-refractivity contribution is 0.737. The Morgan fingerprint density at radius 2 is 1.64 bits per heavy atom. The molecule has 0 unspecified atom stereocenters. The average Bonchev–Trinajstić information content (AvgIpc) is 2.44. The summed E-state index contributed by atoms with van der Waals surface area (Å²) in [5.41, 5.74) is 0. The molecule has 0 spiro atoms. The Bertz CT molecular complexity index is 88.7. The van der Waals surface area contributed by atoms with Gasteiger partial charge in [-0.25, -0.2) is 0 Å². The Hall–Kier alpha value is -0.590. The van der Waals surface area contributed by atoms with Gasteiger partial charge in [0.1, 0.15) is 0 Å². The number of hydrogen-bond acceptors (Lipinski definition) is 1. The lowest BCUT2D eigenvalue weighted by atomic mass is 10.3. The fourth-order valence-corrected chi connectivity index (χ4v) is 0.304. The van der Waals surface area contributed by atoms with Crippen LogP contribution in [0, 0.1) is 5.92 Å². The second kappa shape index (κ2) is 12.1. The fraction of sp³-hybridized carbons (Fsp3) is 0.700. The third-order valence-electron chi connectivity index (χ3n) is 0.538. The normalized spacial score (nSPS) is 11.8. The van der Waals surface area contributed by atoms with Crippen molar-refractivity contribution in [2.45, 2.75) is 41.0 Å². The minimum atomic E-state index is 0.833. The van der Waals surface area contributed by atoms with Crippen molar-refractivity contribution >= 4 is 6.21 Å². The summed E-state index contributed by atoms with van der Waals surface area (Å²) in [4.78, 5) is 3.78. The van der Waals surface area contributed by atoms with E-state index in [0.717, 1.165) is 12.3 Å². The predicted molar refractivity (Wildman–Crippen MR) is 54.1 cm³/mol. The molecule has 0 saturated heterocycles. The molecule has 0 saturated carbocycles. The van der Waals surface area contributed by atoms with Crippen LogP contribution in [-0.4, -0.2) is 6.21 Å². The number of hydrogen-bond donors (Lipinski definition) is 0. The fourth-order valence-electron chi connectivity index (χ4n) is 0.304. The average molecular weight is 155 g/mol. The SMILES string of the molecule is C1=CN=CC1.CC.CC(C)C. The summed E-state index contributed by atoms with van der Waals surface area (Å²) >= 11 is 0. The molecule has 1 nitrogen and oxygen atoms in total. The molecule has 1 aliphatic heterocycles. The van der Waals surface area contributed by atoms with Gasteiger partial charge in [-0.15, -0.1) is 0 Å². The van der Waals surface area contributed by atoms with Crippen LogP contribution in [0.25, 0.3) is 0 Å². The van der Waals surface area contributed by atoms with Crippen LogP contribution in [0.5, 0.6) is 0 Å². The minimum Gasteiger partial charge on any atom is -0.269 e. The number of rotatable bonds is 0. The first-order valence-corrected chi connectivity index (χ1v) is 4.40. The summed E-state index contributed by atoms with van der Waals surface area (Å²) in [6.45, 7) is 10.5. The van der Waals surface area contributed by atoms with E-state index in [4.69, 9.17) is 0 Å². The third-order valence-corrected chi connectivity index (χ3v) is 0.538. The maximum absolute atomic E-state index is 3.78. The van der Waals surface area contributed by atoms with Crippen molar-refractivity contribution in [3.05, 3.63) is 12.3 Å². The van der Waals surface area contributed by atoms with Crippen molar-refractivity contribution in [3.8, 4) is 0 Å². The highest BCUT2D eigenvalue weighted by Gasteiger charge is 1.73. The quantitative estimate of drug-likeness (QED) is 0.506. The van der Waals surface area contributed by atoms with Crippen LogP contribution < -0.4 is 0 Å². The van der Waals surface area contributed by atoms with Crippen LogP contribution in [-0.2, 0) is 0 Å². The third kappa shape index (κ3) is 26.6. The monoisotopic (exact) mass is 155 g/mol. The van der Waals surface area contributed by atoms with Crippen molar-refractivity contribution < 1.29 is 0 Å². The summed E-state index contributed by atoms with van der Waals surface area (Å²) < 4.78 is 0. The van der Waals surface area contributed by atoms with Gasteiger partial charge in [-0.2, -0.15) is 0 Å². The Labute approximate surface area is 71.2 Å². The van der Waals surface area contributed by atoms with Crippen LogP contribution in [0.15, 0.2) is 17.3 Å². The Morgan fingerprint density at radius 3 is 1.73 bits per heavy atom. The van der Waals surface area contributed by atoms with E-state index >= 15 is 0 Å². The molecule has 0 atom stereocenters. The molecule has 0 aromatic rings. The lowest BCUT2D eigenvalue weighted by Gasteiger charge is -1.79. The summed E-state index contributed by atoms with van der Waals surface area (Å²) in [6, 6.07) is 0. The van der Waals surface area contributed by atoms with Crippen molar-refractivity contribution in [2.75, 3.05) is 0 Å². The predicted octanol–water partition coefficient (Wildman–Crippen LogP) is 3.66. The standard InChI is InChI=1S/C4H5N.C4H10.C2H6/c1-2-4-5-3-1;1-4(2)3;1-2/h1,3-4H,2H2;4H,1-3H3;1-2H3. The second-order valence-electron chi connectivity index (χ2n) is 2.68. The molecule has 1 rings (SSSR count). The van der Waals surface area contributed by atoms with E-state index in [-0.39, 0.29) is 0 Å². The molecular weight excluding hydrogens is 134 g/mol. The molecule has 0 fully saturated rings. The summed E-state index contributed by atoms with van der Waals surface area (Å²) in [5.74, 6) is 0.833. The van der Waals surface area contributed by atoms with E-state index in [2.05, 4.69) is 25.8 Å². The smallest absolute Gasteiger partial charge is 0.0227 e. The molecule has 0 radical (unpaired) electrons. The molecule has 1 heterocycles. The maximum atomic E-state index is 3.78. The molecule has 66 valence electrons. The largest absolute Gasteiger partial charge is 0.269 e. The lowest BCUT2D eigenvalue weighted by Crippen LogP contribution is -1.66.